The van der Waals surface area contributed by atoms with Crippen LogP contribution < -0.4 is 4.74 Å². The maximum atomic E-state index is 12.0. The Hall–Kier alpha value is -2.83. The Morgan fingerprint density at radius 2 is 2.00 bits per heavy atom. The van der Waals surface area contributed by atoms with Gasteiger partial charge in [0.1, 0.15) is 17.1 Å². The largest absolute Gasteiger partial charge is 0.512 e. The maximum Gasteiger partial charge on any atom is 0.334 e. The van der Waals surface area contributed by atoms with Gasteiger partial charge in [-0.25, -0.2) is 4.79 Å². The highest BCUT2D eigenvalue weighted by molar-refractivity contribution is 5.83. The number of carbonyl (C=O) groups excluding carboxylic acids is 1. The molecule has 1 fully saturated rings. The zero-order valence-corrected chi connectivity index (χ0v) is 16.6. The van der Waals surface area contributed by atoms with Gasteiger partial charge in [-0.1, -0.05) is 30.1 Å². The Morgan fingerprint density at radius 1 is 1.24 bits per heavy atom. The maximum absolute atomic E-state index is 12.0. The fraction of sp³-hybridized carbons (Fsp3) is 0.500. The molecule has 7 nitrogen and oxygen atoms in total. The van der Waals surface area contributed by atoms with E-state index in [0.717, 1.165) is 43.4 Å². The van der Waals surface area contributed by atoms with Crippen LogP contribution in [0.15, 0.2) is 40.6 Å². The molecular weight excluding hydrogens is 372 g/mol. The minimum Gasteiger partial charge on any atom is -0.512 e. The Labute approximate surface area is 169 Å². The van der Waals surface area contributed by atoms with E-state index in [1.54, 1.807) is 6.92 Å². The smallest absolute Gasteiger partial charge is 0.334 e. The molecule has 0 radical (unpaired) electrons. The number of nitrogens with zero attached hydrogens (tertiary/aromatic N) is 2. The summed E-state index contributed by atoms with van der Waals surface area (Å²) >= 11 is 0. The molecule has 0 saturated heterocycles. The SMILES string of the molecule is Cc1noc(COc2ccc(CCC3(C4CCCC4)CC(O)=CC(=O)O3)cc2)n1. The molecule has 29 heavy (non-hydrogen) atoms. The highest BCUT2D eigenvalue weighted by atomic mass is 16.6. The summed E-state index contributed by atoms with van der Waals surface area (Å²) in [7, 11) is 0. The molecule has 1 atom stereocenters. The summed E-state index contributed by atoms with van der Waals surface area (Å²) in [6.07, 6.45) is 7.46. The lowest BCUT2D eigenvalue weighted by Gasteiger charge is -2.40. The number of hydrogen-bond donors (Lipinski definition) is 1. The van der Waals surface area contributed by atoms with Crippen molar-refractivity contribution < 1.29 is 23.9 Å². The lowest BCUT2D eigenvalue weighted by molar-refractivity contribution is -0.165. The van der Waals surface area contributed by atoms with E-state index in [0.29, 0.717) is 30.5 Å². The van der Waals surface area contributed by atoms with Crippen LogP contribution >= 0.6 is 0 Å². The molecule has 1 unspecified atom stereocenters. The van der Waals surface area contributed by atoms with E-state index in [2.05, 4.69) is 10.1 Å². The van der Waals surface area contributed by atoms with E-state index in [1.165, 1.54) is 6.08 Å². The molecule has 1 aromatic carbocycles. The van der Waals surface area contributed by atoms with E-state index in [9.17, 15) is 9.90 Å². The van der Waals surface area contributed by atoms with Crippen molar-refractivity contribution >= 4 is 5.97 Å². The minimum atomic E-state index is -0.600. The standard InChI is InChI=1S/C22H26N2O5/c1-15-23-20(29-24-15)14-27-19-8-6-16(7-9-19)10-11-22(17-4-2-3-5-17)13-18(25)12-21(26)28-22/h6-9,12,17,25H,2-5,10-11,13-14H2,1H3. The lowest BCUT2D eigenvalue weighted by Crippen LogP contribution is -2.44. The van der Waals surface area contributed by atoms with Crippen LogP contribution in [0.2, 0.25) is 0 Å². The molecule has 7 heteroatoms. The molecular formula is C22H26N2O5. The number of esters is 1. The van der Waals surface area contributed by atoms with Gasteiger partial charge in [0.2, 0.25) is 0 Å². The van der Waals surface area contributed by atoms with Gasteiger partial charge in [0.15, 0.2) is 12.4 Å². The molecule has 4 rings (SSSR count). The first kappa shape index (κ1) is 19.5. The number of hydrogen-bond acceptors (Lipinski definition) is 7. The van der Waals surface area contributed by atoms with Crippen LogP contribution in [-0.2, 0) is 22.6 Å². The average molecular weight is 398 g/mol. The number of aryl methyl sites for hydroxylation is 2. The molecule has 1 aliphatic heterocycles. The van der Waals surface area contributed by atoms with E-state index in [-0.39, 0.29) is 12.4 Å². The molecule has 2 aliphatic rings. The van der Waals surface area contributed by atoms with Gasteiger partial charge in [0.05, 0.1) is 6.08 Å². The number of aliphatic hydroxyl groups is 1. The quantitative estimate of drug-likeness (QED) is 0.698. The molecule has 1 aromatic heterocycles. The van der Waals surface area contributed by atoms with Gasteiger partial charge >= 0.3 is 5.97 Å². The normalized spacial score (nSPS) is 22.4. The van der Waals surface area contributed by atoms with Crippen LogP contribution in [0.5, 0.6) is 5.75 Å². The number of rotatable bonds is 7. The topological polar surface area (TPSA) is 94.7 Å². The highest BCUT2D eigenvalue weighted by Crippen LogP contribution is 2.44. The zero-order valence-electron chi connectivity index (χ0n) is 16.6. The highest BCUT2D eigenvalue weighted by Gasteiger charge is 2.45. The zero-order chi connectivity index (χ0) is 20.3. The van der Waals surface area contributed by atoms with Crippen molar-refractivity contribution in [1.29, 1.82) is 0 Å². The Balaban J connectivity index is 1.38. The van der Waals surface area contributed by atoms with Crippen LogP contribution in [0.4, 0.5) is 0 Å². The number of aliphatic hydroxyl groups excluding tert-OH is 1. The predicted octanol–water partition coefficient (Wildman–Crippen LogP) is 4.21. The average Bonchev–Trinajstić information content (AvgIpc) is 3.37. The van der Waals surface area contributed by atoms with Crippen LogP contribution in [0, 0.1) is 12.8 Å². The van der Waals surface area contributed by atoms with Crippen molar-refractivity contribution in [1.82, 2.24) is 10.1 Å². The van der Waals surface area contributed by atoms with Gasteiger partial charge in [-0.2, -0.15) is 4.98 Å². The number of carbonyl (C=O) groups is 1. The second-order valence-electron chi connectivity index (χ2n) is 7.95. The van der Waals surface area contributed by atoms with Crippen molar-refractivity contribution in [3.05, 3.63) is 53.4 Å². The Morgan fingerprint density at radius 3 is 2.66 bits per heavy atom. The fourth-order valence-corrected chi connectivity index (χ4v) is 4.43. The van der Waals surface area contributed by atoms with Crippen LogP contribution in [-0.4, -0.2) is 26.8 Å². The van der Waals surface area contributed by atoms with Crippen molar-refractivity contribution in [2.45, 2.75) is 64.1 Å². The molecule has 0 bridgehead atoms. The minimum absolute atomic E-state index is 0.133. The van der Waals surface area contributed by atoms with Gasteiger partial charge in [-0.15, -0.1) is 0 Å². The van der Waals surface area contributed by atoms with E-state index in [4.69, 9.17) is 14.0 Å². The third kappa shape index (κ3) is 4.60. The first-order chi connectivity index (χ1) is 14.0. The second-order valence-corrected chi connectivity index (χ2v) is 7.95. The first-order valence-corrected chi connectivity index (χ1v) is 10.2. The van der Waals surface area contributed by atoms with Crippen molar-refractivity contribution in [2.75, 3.05) is 0 Å². The molecule has 2 aromatic rings. The molecule has 0 amide bonds. The number of aromatic nitrogens is 2. The lowest BCUT2D eigenvalue weighted by atomic mass is 9.77. The number of ether oxygens (including phenoxy) is 2. The third-order valence-corrected chi connectivity index (χ3v) is 5.86. The van der Waals surface area contributed by atoms with E-state index >= 15 is 0 Å². The van der Waals surface area contributed by atoms with Gasteiger partial charge in [-0.05, 0) is 56.2 Å². The third-order valence-electron chi connectivity index (χ3n) is 5.86. The molecule has 0 spiro atoms. The summed E-state index contributed by atoms with van der Waals surface area (Å²) in [4.78, 5) is 16.1. The predicted molar refractivity (Wildman–Crippen MR) is 104 cm³/mol. The Bertz CT molecular complexity index is 883. The van der Waals surface area contributed by atoms with Crippen LogP contribution in [0.3, 0.4) is 0 Å². The van der Waals surface area contributed by atoms with Crippen molar-refractivity contribution in [3.8, 4) is 5.75 Å². The van der Waals surface area contributed by atoms with Gasteiger partial charge in [0, 0.05) is 6.42 Å². The fourth-order valence-electron chi connectivity index (χ4n) is 4.43. The number of cyclic esters (lactones) is 1. The first-order valence-electron chi connectivity index (χ1n) is 10.2. The molecule has 2 heterocycles. The number of benzene rings is 1. The summed E-state index contributed by atoms with van der Waals surface area (Å²) < 4.78 is 16.6. The Kier molecular flexibility index (Phi) is 5.56. The van der Waals surface area contributed by atoms with E-state index in [1.807, 2.05) is 24.3 Å². The summed E-state index contributed by atoms with van der Waals surface area (Å²) in [6, 6.07) is 7.84. The van der Waals surface area contributed by atoms with Gasteiger partial charge in [0.25, 0.3) is 5.89 Å². The van der Waals surface area contributed by atoms with E-state index < -0.39 is 11.6 Å². The molecule has 1 aliphatic carbocycles. The monoisotopic (exact) mass is 398 g/mol. The molecule has 1 N–H and O–H groups in total. The summed E-state index contributed by atoms with van der Waals surface area (Å²) in [5.74, 6) is 1.76. The molecule has 154 valence electrons. The summed E-state index contributed by atoms with van der Waals surface area (Å²) in [6.45, 7) is 1.99. The van der Waals surface area contributed by atoms with Crippen LogP contribution in [0.25, 0.3) is 0 Å². The van der Waals surface area contributed by atoms with Crippen molar-refractivity contribution in [3.63, 3.8) is 0 Å². The van der Waals surface area contributed by atoms with Gasteiger partial charge in [-0.3, -0.25) is 0 Å². The summed E-state index contributed by atoms with van der Waals surface area (Å²) in [5.41, 5.74) is 0.533. The van der Waals surface area contributed by atoms with Crippen molar-refractivity contribution in [2.24, 2.45) is 5.92 Å². The molecule has 1 saturated carbocycles. The second kappa shape index (κ2) is 8.27. The van der Waals surface area contributed by atoms with Gasteiger partial charge < -0.3 is 19.1 Å². The summed E-state index contributed by atoms with van der Waals surface area (Å²) in [5, 5.41) is 13.8. The van der Waals surface area contributed by atoms with Crippen LogP contribution in [0.1, 0.15) is 55.8 Å².